The van der Waals surface area contributed by atoms with Crippen LogP contribution in [-0.2, 0) is 0 Å². The number of rotatable bonds is 11. The Kier molecular flexibility index (Phi) is 13.6. The molecule has 1 N–H and O–H groups in total. The van der Waals surface area contributed by atoms with Gasteiger partial charge in [0.2, 0.25) is 0 Å². The van der Waals surface area contributed by atoms with E-state index >= 15 is 0 Å². The summed E-state index contributed by atoms with van der Waals surface area (Å²) in [6.07, 6.45) is 13.1. The first-order valence-electron chi connectivity index (χ1n) is 8.38. The van der Waals surface area contributed by atoms with Crippen molar-refractivity contribution in [3.05, 3.63) is 0 Å². The highest BCUT2D eigenvalue weighted by molar-refractivity contribution is 5.04. The average Bonchev–Trinajstić information content (AvgIpc) is 2.42. The van der Waals surface area contributed by atoms with Gasteiger partial charge in [0.05, 0.1) is 6.10 Å². The maximum atomic E-state index is 9.99. The maximum absolute atomic E-state index is 9.99. The van der Waals surface area contributed by atoms with E-state index in [1.807, 2.05) is 0 Å². The molecule has 19 heavy (non-hydrogen) atoms. The molecule has 0 saturated heterocycles. The van der Waals surface area contributed by atoms with Gasteiger partial charge in [0.15, 0.2) is 0 Å². The van der Waals surface area contributed by atoms with Crippen LogP contribution in [0.5, 0.6) is 0 Å². The van der Waals surface area contributed by atoms with Crippen LogP contribution >= 0.6 is 0 Å². The van der Waals surface area contributed by atoms with E-state index in [0.29, 0.717) is 0 Å². The second-order valence-corrected chi connectivity index (χ2v) is 5.69. The molecule has 0 rings (SSSR count). The van der Waals surface area contributed by atoms with Gasteiger partial charge >= 0.3 is 0 Å². The van der Waals surface area contributed by atoms with Crippen LogP contribution in [0.15, 0.2) is 0 Å². The lowest BCUT2D eigenvalue weighted by atomic mass is 9.99. The summed E-state index contributed by atoms with van der Waals surface area (Å²) in [6.45, 7) is 6.50. The highest BCUT2D eigenvalue weighted by Crippen LogP contribution is 2.12. The Balaban J connectivity index is 3.56. The van der Waals surface area contributed by atoms with Gasteiger partial charge in [-0.15, -0.1) is 5.92 Å². The number of hydrogen-bond acceptors (Lipinski definition) is 1. The zero-order chi connectivity index (χ0) is 14.3. The number of unbranched alkanes of at least 4 members (excludes halogenated alkanes) is 8. The van der Waals surface area contributed by atoms with Gasteiger partial charge in [-0.25, -0.2) is 0 Å². The molecule has 0 spiro atoms. The van der Waals surface area contributed by atoms with Gasteiger partial charge in [-0.05, 0) is 19.8 Å². The van der Waals surface area contributed by atoms with Crippen LogP contribution in [0, 0.1) is 17.8 Å². The van der Waals surface area contributed by atoms with Crippen molar-refractivity contribution in [1.29, 1.82) is 0 Å². The topological polar surface area (TPSA) is 20.2 Å². The van der Waals surface area contributed by atoms with E-state index in [0.717, 1.165) is 19.3 Å². The predicted octanol–water partition coefficient (Wildman–Crippen LogP) is 5.32. The molecule has 0 fully saturated rings. The predicted molar refractivity (Wildman–Crippen MR) is 85.1 cm³/mol. The van der Waals surface area contributed by atoms with Crippen molar-refractivity contribution >= 4 is 0 Å². The Morgan fingerprint density at radius 2 is 1.42 bits per heavy atom. The van der Waals surface area contributed by atoms with Crippen molar-refractivity contribution < 1.29 is 5.11 Å². The molecular formula is C18H34O. The minimum absolute atomic E-state index is 0.136. The molecule has 0 aromatic heterocycles. The Hall–Kier alpha value is -0.480. The summed E-state index contributed by atoms with van der Waals surface area (Å²) in [5.41, 5.74) is 0. The monoisotopic (exact) mass is 266 g/mol. The third-order valence-corrected chi connectivity index (χ3v) is 3.67. The highest BCUT2D eigenvalue weighted by atomic mass is 16.3. The third-order valence-electron chi connectivity index (χ3n) is 3.67. The van der Waals surface area contributed by atoms with Crippen LogP contribution in [0.3, 0.4) is 0 Å². The van der Waals surface area contributed by atoms with Crippen LogP contribution in [0.2, 0.25) is 0 Å². The van der Waals surface area contributed by atoms with Gasteiger partial charge in [-0.3, -0.25) is 0 Å². The molecule has 0 aromatic rings. The van der Waals surface area contributed by atoms with Gasteiger partial charge in [-0.1, -0.05) is 71.1 Å². The summed E-state index contributed by atoms with van der Waals surface area (Å²) in [5.74, 6) is 6.59. The Morgan fingerprint density at radius 1 is 0.842 bits per heavy atom. The summed E-state index contributed by atoms with van der Waals surface area (Å²) < 4.78 is 0. The van der Waals surface area contributed by atoms with Crippen molar-refractivity contribution in [2.75, 3.05) is 0 Å². The maximum Gasteiger partial charge on any atom is 0.0674 e. The summed E-state index contributed by atoms with van der Waals surface area (Å²) in [7, 11) is 0. The number of aliphatic hydroxyl groups is 1. The SMILES string of the molecule is CCCCCCCC#C[C@@H](C)[C@H](O)CCCCCC. The molecule has 0 heterocycles. The molecular weight excluding hydrogens is 232 g/mol. The van der Waals surface area contributed by atoms with Crippen molar-refractivity contribution in [2.45, 2.75) is 97.5 Å². The first-order chi connectivity index (χ1) is 9.22. The molecule has 0 radical (unpaired) electrons. The lowest BCUT2D eigenvalue weighted by Gasteiger charge is -2.13. The fourth-order valence-corrected chi connectivity index (χ4v) is 2.18. The van der Waals surface area contributed by atoms with Gasteiger partial charge < -0.3 is 5.11 Å². The van der Waals surface area contributed by atoms with Crippen molar-refractivity contribution in [2.24, 2.45) is 5.92 Å². The normalized spacial score (nSPS) is 13.7. The van der Waals surface area contributed by atoms with Crippen molar-refractivity contribution in [1.82, 2.24) is 0 Å². The van der Waals surface area contributed by atoms with E-state index in [1.165, 1.54) is 51.4 Å². The quantitative estimate of drug-likeness (QED) is 0.396. The standard InChI is InChI=1S/C18H34O/c1-4-6-8-10-11-12-13-15-17(3)18(19)16-14-9-7-5-2/h17-19H,4-12,14,16H2,1-3H3/t17-,18-/m1/s1. The number of hydrogen-bond donors (Lipinski definition) is 1. The average molecular weight is 266 g/mol. The van der Waals surface area contributed by atoms with E-state index in [2.05, 4.69) is 32.6 Å². The molecule has 112 valence electrons. The lowest BCUT2D eigenvalue weighted by molar-refractivity contribution is 0.128. The zero-order valence-corrected chi connectivity index (χ0v) is 13.4. The minimum atomic E-state index is -0.232. The minimum Gasteiger partial charge on any atom is -0.392 e. The first kappa shape index (κ1) is 18.5. The third kappa shape index (κ3) is 12.3. The van der Waals surface area contributed by atoms with E-state index in [1.54, 1.807) is 0 Å². The Labute approximate surface area is 121 Å². The summed E-state index contributed by atoms with van der Waals surface area (Å²) in [6, 6.07) is 0. The van der Waals surface area contributed by atoms with Crippen LogP contribution < -0.4 is 0 Å². The Morgan fingerprint density at radius 3 is 2.05 bits per heavy atom. The molecule has 0 aromatic carbocycles. The second-order valence-electron chi connectivity index (χ2n) is 5.69. The summed E-state index contributed by atoms with van der Waals surface area (Å²) in [4.78, 5) is 0. The van der Waals surface area contributed by atoms with E-state index < -0.39 is 0 Å². The molecule has 0 aliphatic rings. The van der Waals surface area contributed by atoms with Crippen LogP contribution in [0.4, 0.5) is 0 Å². The van der Waals surface area contributed by atoms with E-state index in [9.17, 15) is 5.11 Å². The summed E-state index contributed by atoms with van der Waals surface area (Å²) >= 11 is 0. The molecule has 1 heteroatoms. The van der Waals surface area contributed by atoms with Crippen LogP contribution in [-0.4, -0.2) is 11.2 Å². The van der Waals surface area contributed by atoms with E-state index in [-0.39, 0.29) is 12.0 Å². The van der Waals surface area contributed by atoms with Gasteiger partial charge in [-0.2, -0.15) is 0 Å². The van der Waals surface area contributed by atoms with Gasteiger partial charge in [0.25, 0.3) is 0 Å². The molecule has 0 aliphatic heterocycles. The molecule has 0 aliphatic carbocycles. The lowest BCUT2D eigenvalue weighted by Crippen LogP contribution is -2.15. The van der Waals surface area contributed by atoms with Gasteiger partial charge in [0, 0.05) is 12.3 Å². The highest BCUT2D eigenvalue weighted by Gasteiger charge is 2.10. The zero-order valence-electron chi connectivity index (χ0n) is 13.4. The molecule has 0 unspecified atom stereocenters. The van der Waals surface area contributed by atoms with Crippen LogP contribution in [0.25, 0.3) is 0 Å². The summed E-state index contributed by atoms with van der Waals surface area (Å²) in [5, 5.41) is 9.99. The largest absolute Gasteiger partial charge is 0.392 e. The Bertz CT molecular complexity index is 236. The fourth-order valence-electron chi connectivity index (χ4n) is 2.18. The molecule has 0 amide bonds. The van der Waals surface area contributed by atoms with E-state index in [4.69, 9.17) is 0 Å². The van der Waals surface area contributed by atoms with Gasteiger partial charge in [0.1, 0.15) is 0 Å². The van der Waals surface area contributed by atoms with Crippen LogP contribution in [0.1, 0.15) is 91.4 Å². The second kappa shape index (κ2) is 13.9. The molecule has 0 saturated carbocycles. The first-order valence-corrected chi connectivity index (χ1v) is 8.38. The van der Waals surface area contributed by atoms with Crippen molar-refractivity contribution in [3.63, 3.8) is 0 Å². The molecule has 0 bridgehead atoms. The fraction of sp³-hybridized carbons (Fsp3) is 0.889. The molecule has 1 nitrogen and oxygen atoms in total. The smallest absolute Gasteiger partial charge is 0.0674 e. The number of aliphatic hydroxyl groups excluding tert-OH is 1. The molecule has 2 atom stereocenters. The van der Waals surface area contributed by atoms with Crippen molar-refractivity contribution in [3.8, 4) is 11.8 Å².